The van der Waals surface area contributed by atoms with E-state index in [2.05, 4.69) is 11.1 Å². The van der Waals surface area contributed by atoms with Crippen molar-refractivity contribution in [3.8, 4) is 18.3 Å². The number of rotatable bonds is 3. The highest BCUT2D eigenvalue weighted by Gasteiger charge is 2.31. The van der Waals surface area contributed by atoms with E-state index >= 15 is 0 Å². The van der Waals surface area contributed by atoms with Crippen LogP contribution in [0.15, 0.2) is 4.52 Å². The van der Waals surface area contributed by atoms with Gasteiger partial charge in [0.05, 0.1) is 18.4 Å². The topological polar surface area (TPSA) is 35.3 Å². The molecule has 2 rings (SSSR count). The molecule has 1 aliphatic carbocycles. The zero-order valence-electron chi connectivity index (χ0n) is 7.54. The van der Waals surface area contributed by atoms with Crippen molar-refractivity contribution >= 4 is 0 Å². The van der Waals surface area contributed by atoms with E-state index < -0.39 is 0 Å². The van der Waals surface area contributed by atoms with E-state index in [1.54, 1.807) is 7.11 Å². The summed E-state index contributed by atoms with van der Waals surface area (Å²) in [5.74, 6) is 3.61. The van der Waals surface area contributed by atoms with Crippen LogP contribution in [0.2, 0.25) is 0 Å². The third-order valence-corrected chi connectivity index (χ3v) is 2.21. The molecule has 0 aliphatic heterocycles. The molecule has 1 saturated carbocycles. The van der Waals surface area contributed by atoms with E-state index in [1.807, 2.05) is 0 Å². The van der Waals surface area contributed by atoms with E-state index in [4.69, 9.17) is 15.7 Å². The maximum Gasteiger partial charge on any atom is 0.315 e. The first-order chi connectivity index (χ1) is 6.36. The average molecular weight is 177 g/mol. The Balaban J connectivity index is 2.33. The molecule has 0 spiro atoms. The van der Waals surface area contributed by atoms with Gasteiger partial charge in [0.1, 0.15) is 0 Å². The first-order valence-corrected chi connectivity index (χ1v) is 4.32. The molecular formula is C10H11NO2. The number of ether oxygens (including phenoxy) is 1. The maximum absolute atomic E-state index is 5.26. The zero-order chi connectivity index (χ0) is 9.26. The summed E-state index contributed by atoms with van der Waals surface area (Å²) >= 11 is 0. The van der Waals surface area contributed by atoms with Gasteiger partial charge in [-0.2, -0.15) is 0 Å². The number of terminal acetylenes is 1. The van der Waals surface area contributed by atoms with Crippen LogP contribution in [0.5, 0.6) is 5.95 Å². The Morgan fingerprint density at radius 1 is 1.69 bits per heavy atom. The first-order valence-electron chi connectivity index (χ1n) is 4.32. The summed E-state index contributed by atoms with van der Waals surface area (Å²) in [6.45, 7) is 0. The Hall–Kier alpha value is -1.43. The number of hydrogen-bond donors (Lipinski definition) is 0. The lowest BCUT2D eigenvalue weighted by atomic mass is 10.1. The van der Waals surface area contributed by atoms with Crippen molar-refractivity contribution in [1.82, 2.24) is 5.16 Å². The summed E-state index contributed by atoms with van der Waals surface area (Å²) < 4.78 is 10.1. The van der Waals surface area contributed by atoms with Gasteiger partial charge in [0, 0.05) is 12.3 Å². The van der Waals surface area contributed by atoms with E-state index in [-0.39, 0.29) is 0 Å². The maximum atomic E-state index is 5.26. The molecule has 1 aromatic rings. The summed E-state index contributed by atoms with van der Waals surface area (Å²) in [5, 5.41) is 3.97. The Labute approximate surface area is 77.1 Å². The predicted octanol–water partition coefficient (Wildman–Crippen LogP) is 1.74. The molecule has 0 N–H and O–H groups in total. The van der Waals surface area contributed by atoms with Crippen molar-refractivity contribution in [2.75, 3.05) is 7.11 Å². The monoisotopic (exact) mass is 177 g/mol. The highest BCUT2D eigenvalue weighted by molar-refractivity contribution is 5.35. The Morgan fingerprint density at radius 2 is 2.46 bits per heavy atom. The third kappa shape index (κ3) is 1.40. The van der Waals surface area contributed by atoms with Gasteiger partial charge in [-0.15, -0.1) is 12.3 Å². The highest BCUT2D eigenvalue weighted by Crippen LogP contribution is 2.43. The van der Waals surface area contributed by atoms with Crippen molar-refractivity contribution in [1.29, 1.82) is 0 Å². The molecule has 1 aliphatic rings. The first kappa shape index (κ1) is 8.18. The Bertz CT molecular complexity index is 344. The van der Waals surface area contributed by atoms with E-state index in [0.29, 0.717) is 18.3 Å². The van der Waals surface area contributed by atoms with Crippen molar-refractivity contribution in [2.45, 2.75) is 25.2 Å². The van der Waals surface area contributed by atoms with Crippen molar-refractivity contribution in [3.63, 3.8) is 0 Å². The fraction of sp³-hybridized carbons (Fsp3) is 0.500. The van der Waals surface area contributed by atoms with Crippen LogP contribution in [0, 0.1) is 12.3 Å². The van der Waals surface area contributed by atoms with Gasteiger partial charge >= 0.3 is 5.95 Å². The molecule has 0 atom stereocenters. The minimum Gasteiger partial charge on any atom is -0.467 e. The number of hydrogen-bond acceptors (Lipinski definition) is 3. The molecule has 0 unspecified atom stereocenters. The predicted molar refractivity (Wildman–Crippen MR) is 47.6 cm³/mol. The molecule has 3 nitrogen and oxygen atoms in total. The van der Waals surface area contributed by atoms with Gasteiger partial charge in [-0.25, -0.2) is 0 Å². The fourth-order valence-electron chi connectivity index (χ4n) is 1.41. The minimum absolute atomic E-state index is 0.472. The zero-order valence-corrected chi connectivity index (χ0v) is 7.54. The molecule has 0 saturated heterocycles. The standard InChI is InChI=1S/C10H11NO2/c1-3-4-8-9(7-5-6-7)11-13-10(8)12-2/h1,7H,4-6H2,2H3. The van der Waals surface area contributed by atoms with Crippen LogP contribution < -0.4 is 4.74 Å². The lowest BCUT2D eigenvalue weighted by Crippen LogP contribution is -1.91. The second-order valence-corrected chi connectivity index (χ2v) is 3.19. The van der Waals surface area contributed by atoms with Crippen LogP contribution in [0.3, 0.4) is 0 Å². The summed E-state index contributed by atoms with van der Waals surface area (Å²) in [7, 11) is 1.57. The minimum atomic E-state index is 0.472. The molecule has 3 heteroatoms. The molecule has 1 heterocycles. The van der Waals surface area contributed by atoms with Gasteiger partial charge in [0.25, 0.3) is 0 Å². The molecular weight excluding hydrogens is 166 g/mol. The van der Waals surface area contributed by atoms with Crippen molar-refractivity contribution < 1.29 is 9.26 Å². The lowest BCUT2D eigenvalue weighted by Gasteiger charge is -1.96. The van der Waals surface area contributed by atoms with Crippen molar-refractivity contribution in [2.24, 2.45) is 0 Å². The van der Waals surface area contributed by atoms with Crippen LogP contribution in [0.25, 0.3) is 0 Å². The number of methoxy groups -OCH3 is 1. The van der Waals surface area contributed by atoms with Crippen LogP contribution in [0.1, 0.15) is 30.0 Å². The molecule has 0 aromatic carbocycles. The summed E-state index contributed by atoms with van der Waals surface area (Å²) in [6.07, 6.45) is 8.17. The van der Waals surface area contributed by atoms with Gasteiger partial charge < -0.3 is 9.26 Å². The van der Waals surface area contributed by atoms with E-state index in [1.165, 1.54) is 12.8 Å². The third-order valence-electron chi connectivity index (χ3n) is 2.21. The van der Waals surface area contributed by atoms with Gasteiger partial charge in [-0.05, 0) is 12.8 Å². The normalized spacial score (nSPS) is 15.4. The Kier molecular flexibility index (Phi) is 1.97. The molecule has 0 bridgehead atoms. The smallest absolute Gasteiger partial charge is 0.315 e. The average Bonchev–Trinajstić information content (AvgIpc) is 2.90. The van der Waals surface area contributed by atoms with Gasteiger partial charge in [0.15, 0.2) is 0 Å². The fourth-order valence-corrected chi connectivity index (χ4v) is 1.41. The molecule has 68 valence electrons. The van der Waals surface area contributed by atoms with Gasteiger partial charge in [-0.1, -0.05) is 5.16 Å². The number of aromatic nitrogens is 1. The van der Waals surface area contributed by atoms with Crippen molar-refractivity contribution in [3.05, 3.63) is 11.3 Å². The molecule has 1 aromatic heterocycles. The van der Waals surface area contributed by atoms with E-state index in [0.717, 1.165) is 11.3 Å². The Morgan fingerprint density at radius 3 is 3.00 bits per heavy atom. The largest absolute Gasteiger partial charge is 0.467 e. The van der Waals surface area contributed by atoms with Gasteiger partial charge in [0.2, 0.25) is 0 Å². The molecule has 1 fully saturated rings. The summed E-state index contributed by atoms with van der Waals surface area (Å²) in [6, 6.07) is 0. The van der Waals surface area contributed by atoms with Crippen LogP contribution >= 0.6 is 0 Å². The lowest BCUT2D eigenvalue weighted by molar-refractivity contribution is 0.257. The summed E-state index contributed by atoms with van der Waals surface area (Å²) in [4.78, 5) is 0. The van der Waals surface area contributed by atoms with E-state index in [9.17, 15) is 0 Å². The molecule has 0 radical (unpaired) electrons. The van der Waals surface area contributed by atoms with Crippen LogP contribution in [-0.4, -0.2) is 12.3 Å². The highest BCUT2D eigenvalue weighted by atomic mass is 16.6. The number of nitrogens with zero attached hydrogens (tertiary/aromatic N) is 1. The molecule has 13 heavy (non-hydrogen) atoms. The summed E-state index contributed by atoms with van der Waals surface area (Å²) in [5.41, 5.74) is 1.95. The van der Waals surface area contributed by atoms with Crippen LogP contribution in [0.4, 0.5) is 0 Å². The van der Waals surface area contributed by atoms with Crippen LogP contribution in [-0.2, 0) is 6.42 Å². The SMILES string of the molecule is C#CCc1c(C2CC2)noc1OC. The van der Waals surface area contributed by atoms with Gasteiger partial charge in [-0.3, -0.25) is 0 Å². The second-order valence-electron chi connectivity index (χ2n) is 3.19. The second kappa shape index (κ2) is 3.14. The molecule has 0 amide bonds. The quantitative estimate of drug-likeness (QED) is 0.659.